The minimum Gasteiger partial charge on any atom is -0.493 e. The summed E-state index contributed by atoms with van der Waals surface area (Å²) >= 11 is 6.25. The minimum atomic E-state index is -0.446. The Morgan fingerprint density at radius 2 is 1.80 bits per heavy atom. The van der Waals surface area contributed by atoms with E-state index in [0.717, 1.165) is 38.2 Å². The van der Waals surface area contributed by atoms with Gasteiger partial charge in [0, 0.05) is 32.7 Å². The average molecular weight is 464 g/mol. The number of nitrogens with zero attached hydrogens (tertiary/aromatic N) is 2. The molecule has 7 nitrogen and oxygen atoms in total. The molecule has 0 atom stereocenters. The molecule has 1 saturated heterocycles. The second kappa shape index (κ2) is 12.4. The van der Waals surface area contributed by atoms with Crippen LogP contribution < -0.4 is 14.8 Å². The van der Waals surface area contributed by atoms with Crippen molar-refractivity contribution >= 4 is 30.1 Å². The van der Waals surface area contributed by atoms with Crippen LogP contribution in [0.1, 0.15) is 32.8 Å². The first-order valence-electron chi connectivity index (χ1n) is 10.0. The van der Waals surface area contributed by atoms with Crippen LogP contribution in [-0.2, 0) is 11.3 Å². The maximum absolute atomic E-state index is 12.1. The van der Waals surface area contributed by atoms with Gasteiger partial charge in [0.2, 0.25) is 0 Å². The monoisotopic (exact) mass is 463 g/mol. The van der Waals surface area contributed by atoms with Gasteiger partial charge in [0.05, 0.1) is 19.2 Å². The molecule has 1 fully saturated rings. The number of hydrogen-bond acceptors (Lipinski definition) is 6. The Morgan fingerprint density at radius 3 is 2.37 bits per heavy atom. The van der Waals surface area contributed by atoms with E-state index >= 15 is 0 Å². The topological polar surface area (TPSA) is 63.3 Å². The molecule has 1 aliphatic rings. The fourth-order valence-corrected chi connectivity index (χ4v) is 3.52. The Kier molecular flexibility index (Phi) is 11.0. The maximum Gasteiger partial charge on any atom is 0.410 e. The van der Waals surface area contributed by atoms with E-state index in [0.29, 0.717) is 36.2 Å². The number of methoxy groups -OCH3 is 2. The van der Waals surface area contributed by atoms with Crippen molar-refractivity contribution < 1.29 is 19.0 Å². The van der Waals surface area contributed by atoms with Crippen LogP contribution >= 0.6 is 24.0 Å². The van der Waals surface area contributed by atoms with Gasteiger partial charge in [-0.25, -0.2) is 4.79 Å². The summed E-state index contributed by atoms with van der Waals surface area (Å²) in [5.41, 5.74) is 0.608. The lowest BCUT2D eigenvalue weighted by Crippen LogP contribution is -2.50. The molecular formula is C21H35Cl2N3O4. The first-order chi connectivity index (χ1) is 13.7. The number of benzene rings is 1. The van der Waals surface area contributed by atoms with E-state index in [9.17, 15) is 4.79 Å². The van der Waals surface area contributed by atoms with Crippen LogP contribution in [0.4, 0.5) is 4.79 Å². The van der Waals surface area contributed by atoms with Crippen LogP contribution in [0.5, 0.6) is 11.5 Å². The summed E-state index contributed by atoms with van der Waals surface area (Å²) in [6, 6.07) is 3.83. The molecule has 0 spiro atoms. The Morgan fingerprint density at radius 1 is 1.13 bits per heavy atom. The highest BCUT2D eigenvalue weighted by molar-refractivity contribution is 6.32. The molecule has 1 amide bonds. The van der Waals surface area contributed by atoms with E-state index in [1.807, 2.05) is 32.9 Å². The Labute approximate surface area is 191 Å². The number of piperazine rings is 1. The molecule has 9 heteroatoms. The molecule has 0 saturated carbocycles. The van der Waals surface area contributed by atoms with Gasteiger partial charge < -0.3 is 24.4 Å². The Bertz CT molecular complexity index is 675. The van der Waals surface area contributed by atoms with Crippen LogP contribution in [0, 0.1) is 0 Å². The van der Waals surface area contributed by atoms with Gasteiger partial charge in [-0.05, 0) is 58.0 Å². The lowest BCUT2D eigenvalue weighted by atomic mass is 10.2. The van der Waals surface area contributed by atoms with E-state index in [2.05, 4.69) is 10.2 Å². The molecule has 0 radical (unpaired) electrons. The molecule has 2 rings (SSSR count). The largest absolute Gasteiger partial charge is 0.493 e. The minimum absolute atomic E-state index is 0. The van der Waals surface area contributed by atoms with Gasteiger partial charge >= 0.3 is 6.09 Å². The Hall–Kier alpha value is -1.41. The molecule has 30 heavy (non-hydrogen) atoms. The normalized spacial score (nSPS) is 14.8. The number of hydrogen-bond donors (Lipinski definition) is 1. The molecule has 1 heterocycles. The number of carbonyl (C=O) groups excluding carboxylic acids is 1. The van der Waals surface area contributed by atoms with Crippen molar-refractivity contribution in [2.45, 2.75) is 39.3 Å². The maximum atomic E-state index is 12.1. The zero-order valence-electron chi connectivity index (χ0n) is 18.6. The van der Waals surface area contributed by atoms with Crippen molar-refractivity contribution in [1.29, 1.82) is 0 Å². The SMILES string of the molecule is COc1cc(CNCCCN2CCN(C(=O)OC(C)(C)C)CC2)cc(Cl)c1OC.Cl. The van der Waals surface area contributed by atoms with Crippen LogP contribution in [-0.4, -0.2) is 75.0 Å². The van der Waals surface area contributed by atoms with E-state index in [-0.39, 0.29) is 18.5 Å². The quantitative estimate of drug-likeness (QED) is 0.591. The summed E-state index contributed by atoms with van der Waals surface area (Å²) in [5.74, 6) is 1.20. The molecule has 172 valence electrons. The standard InChI is InChI=1S/C21H34ClN3O4.ClH/c1-21(2,3)29-20(26)25-11-9-24(10-12-25)8-6-7-23-15-16-13-17(22)19(28-5)18(14-16)27-4;/h13-14,23H,6-12,15H2,1-5H3;1H. The van der Waals surface area contributed by atoms with Crippen molar-refractivity contribution in [2.24, 2.45) is 0 Å². The molecular weight excluding hydrogens is 429 g/mol. The second-order valence-corrected chi connectivity index (χ2v) is 8.56. The van der Waals surface area contributed by atoms with Crippen molar-refractivity contribution in [2.75, 3.05) is 53.5 Å². The van der Waals surface area contributed by atoms with Crippen LogP contribution in [0.3, 0.4) is 0 Å². The number of rotatable bonds is 8. The van der Waals surface area contributed by atoms with Crippen LogP contribution in [0.15, 0.2) is 12.1 Å². The van der Waals surface area contributed by atoms with Crippen molar-refractivity contribution in [3.63, 3.8) is 0 Å². The lowest BCUT2D eigenvalue weighted by Gasteiger charge is -2.35. The first kappa shape index (κ1) is 26.6. The fourth-order valence-electron chi connectivity index (χ4n) is 3.21. The number of amides is 1. The average Bonchev–Trinajstić information content (AvgIpc) is 2.66. The van der Waals surface area contributed by atoms with Gasteiger partial charge in [-0.3, -0.25) is 4.90 Å². The van der Waals surface area contributed by atoms with Gasteiger partial charge in [0.15, 0.2) is 11.5 Å². The van der Waals surface area contributed by atoms with Crippen molar-refractivity contribution in [3.05, 3.63) is 22.7 Å². The third-order valence-corrected chi connectivity index (χ3v) is 4.96. The molecule has 0 bridgehead atoms. The zero-order valence-corrected chi connectivity index (χ0v) is 20.2. The summed E-state index contributed by atoms with van der Waals surface area (Å²) in [6.45, 7) is 11.5. The highest BCUT2D eigenvalue weighted by Gasteiger charge is 2.25. The molecule has 0 unspecified atom stereocenters. The number of carbonyl (C=O) groups is 1. The molecule has 1 aliphatic heterocycles. The van der Waals surface area contributed by atoms with E-state index in [1.54, 1.807) is 19.1 Å². The molecule has 1 aromatic carbocycles. The number of halogens is 2. The summed E-state index contributed by atoms with van der Waals surface area (Å²) in [4.78, 5) is 16.3. The van der Waals surface area contributed by atoms with Crippen LogP contribution in [0.25, 0.3) is 0 Å². The fraction of sp³-hybridized carbons (Fsp3) is 0.667. The van der Waals surface area contributed by atoms with E-state index in [1.165, 1.54) is 0 Å². The highest BCUT2D eigenvalue weighted by Crippen LogP contribution is 2.35. The third-order valence-electron chi connectivity index (χ3n) is 4.67. The van der Waals surface area contributed by atoms with E-state index in [4.69, 9.17) is 25.8 Å². The molecule has 1 N–H and O–H groups in total. The molecule has 0 aromatic heterocycles. The van der Waals surface area contributed by atoms with E-state index < -0.39 is 5.60 Å². The third kappa shape index (κ3) is 8.38. The van der Waals surface area contributed by atoms with Gasteiger partial charge in [-0.15, -0.1) is 12.4 Å². The lowest BCUT2D eigenvalue weighted by molar-refractivity contribution is 0.0144. The summed E-state index contributed by atoms with van der Waals surface area (Å²) in [5, 5.41) is 3.99. The van der Waals surface area contributed by atoms with Crippen molar-refractivity contribution in [3.8, 4) is 11.5 Å². The van der Waals surface area contributed by atoms with Gasteiger partial charge in [-0.1, -0.05) is 11.6 Å². The summed E-state index contributed by atoms with van der Waals surface area (Å²) in [7, 11) is 3.18. The van der Waals surface area contributed by atoms with Gasteiger partial charge in [-0.2, -0.15) is 0 Å². The van der Waals surface area contributed by atoms with Crippen molar-refractivity contribution in [1.82, 2.24) is 15.1 Å². The molecule has 1 aromatic rings. The van der Waals surface area contributed by atoms with Crippen LogP contribution in [0.2, 0.25) is 5.02 Å². The first-order valence-corrected chi connectivity index (χ1v) is 10.4. The predicted molar refractivity (Wildman–Crippen MR) is 122 cm³/mol. The van der Waals surface area contributed by atoms with Gasteiger partial charge in [0.25, 0.3) is 0 Å². The Balaban J connectivity index is 0.00000450. The highest BCUT2D eigenvalue weighted by atomic mass is 35.5. The van der Waals surface area contributed by atoms with Gasteiger partial charge in [0.1, 0.15) is 5.60 Å². The number of ether oxygens (including phenoxy) is 3. The summed E-state index contributed by atoms with van der Waals surface area (Å²) < 4.78 is 16.0. The molecule has 0 aliphatic carbocycles. The predicted octanol–water partition coefficient (Wildman–Crippen LogP) is 3.81. The summed E-state index contributed by atoms with van der Waals surface area (Å²) in [6.07, 6.45) is 0.820. The zero-order chi connectivity index (χ0) is 21.4. The second-order valence-electron chi connectivity index (χ2n) is 8.15. The number of nitrogens with one attached hydrogen (secondary N) is 1. The smallest absolute Gasteiger partial charge is 0.410 e.